The Morgan fingerprint density at radius 3 is 2.44 bits per heavy atom. The summed E-state index contributed by atoms with van der Waals surface area (Å²) in [5.74, 6) is 3.00. The Bertz CT molecular complexity index is 1080. The van der Waals surface area contributed by atoms with Crippen LogP contribution in [-0.4, -0.2) is 57.5 Å². The second-order valence-electron chi connectivity index (χ2n) is 7.91. The molecule has 2 aromatic carbocycles. The fourth-order valence-electron chi connectivity index (χ4n) is 3.76. The van der Waals surface area contributed by atoms with Gasteiger partial charge in [0.1, 0.15) is 5.82 Å². The molecule has 0 saturated carbocycles. The number of benzene rings is 2. The third-order valence-electron chi connectivity index (χ3n) is 5.60. The second-order valence-corrected chi connectivity index (χ2v) is 10.3. The van der Waals surface area contributed by atoms with Crippen molar-refractivity contribution < 1.29 is 4.79 Å². The van der Waals surface area contributed by atoms with Gasteiger partial charge in [-0.1, -0.05) is 59.8 Å². The minimum Gasteiger partial charge on any atom is -0.368 e. The summed E-state index contributed by atoms with van der Waals surface area (Å²) >= 11 is 9.19. The van der Waals surface area contributed by atoms with E-state index < -0.39 is 0 Å². The van der Waals surface area contributed by atoms with Crippen molar-refractivity contribution in [3.05, 3.63) is 83.7 Å². The van der Waals surface area contributed by atoms with Crippen LogP contribution in [0.2, 0.25) is 5.02 Å². The number of hydrogen-bond acceptors (Lipinski definition) is 6. The highest BCUT2D eigenvalue weighted by Gasteiger charge is 2.22. The van der Waals surface area contributed by atoms with Crippen LogP contribution in [0, 0.1) is 0 Å². The third kappa shape index (κ3) is 6.58. The molecule has 0 unspecified atom stereocenters. The number of amides is 1. The quantitative estimate of drug-likeness (QED) is 0.281. The Morgan fingerprint density at radius 2 is 1.74 bits per heavy atom. The van der Waals surface area contributed by atoms with Crippen molar-refractivity contribution in [1.29, 1.82) is 0 Å². The molecule has 1 aliphatic heterocycles. The minimum atomic E-state index is 0.143. The van der Waals surface area contributed by atoms with Crippen molar-refractivity contribution in [3.63, 3.8) is 0 Å². The number of rotatable bonds is 10. The van der Waals surface area contributed by atoms with Crippen molar-refractivity contribution in [2.75, 3.05) is 36.8 Å². The number of halogens is 1. The average Bonchev–Trinajstić information content (AvgIpc) is 3.26. The van der Waals surface area contributed by atoms with Crippen LogP contribution in [0.25, 0.3) is 0 Å². The van der Waals surface area contributed by atoms with Gasteiger partial charge >= 0.3 is 0 Å². The van der Waals surface area contributed by atoms with Crippen LogP contribution in [0.15, 0.2) is 72.4 Å². The maximum absolute atomic E-state index is 12.8. The number of nitrogens with zero attached hydrogens (tertiary/aromatic N) is 5. The molecule has 9 heteroatoms. The monoisotopic (exact) mass is 513 g/mol. The Kier molecular flexibility index (Phi) is 8.96. The predicted octanol–water partition coefficient (Wildman–Crippen LogP) is 4.99. The van der Waals surface area contributed by atoms with Gasteiger partial charge in [-0.25, -0.2) is 0 Å². The number of allylic oxidation sites excluding steroid dienone is 1. The highest BCUT2D eigenvalue weighted by Crippen LogP contribution is 2.23. The number of hydrogen-bond donors (Lipinski definition) is 0. The van der Waals surface area contributed by atoms with Gasteiger partial charge in [0.25, 0.3) is 0 Å². The summed E-state index contributed by atoms with van der Waals surface area (Å²) in [5, 5.41) is 10.3. The number of carbonyl (C=O) groups excluding carboxylic acids is 1. The molecule has 34 heavy (non-hydrogen) atoms. The van der Waals surface area contributed by atoms with E-state index in [1.165, 1.54) is 23.0 Å². The predicted molar refractivity (Wildman–Crippen MR) is 143 cm³/mol. The first-order valence-electron chi connectivity index (χ1n) is 11.2. The number of para-hydroxylation sites is 1. The maximum atomic E-state index is 12.8. The highest BCUT2D eigenvalue weighted by molar-refractivity contribution is 7.99. The third-order valence-corrected chi connectivity index (χ3v) is 7.80. The number of thioether (sulfide) groups is 2. The van der Waals surface area contributed by atoms with E-state index in [2.05, 4.69) is 33.8 Å². The van der Waals surface area contributed by atoms with Gasteiger partial charge in [0.2, 0.25) is 5.91 Å². The molecule has 0 N–H and O–H groups in total. The van der Waals surface area contributed by atoms with Crippen LogP contribution in [0.1, 0.15) is 11.4 Å². The Labute approximate surface area is 214 Å². The van der Waals surface area contributed by atoms with Gasteiger partial charge < -0.3 is 14.4 Å². The van der Waals surface area contributed by atoms with E-state index in [1.54, 1.807) is 11.8 Å². The SMILES string of the molecule is C=CCn1c(CSCc2ccc(Cl)cc2)nnc1SCC(=O)N1CCN(c2ccccc2)CC1. The molecular formula is C25H28ClN5OS2. The van der Waals surface area contributed by atoms with Gasteiger partial charge in [-0.15, -0.1) is 28.5 Å². The van der Waals surface area contributed by atoms with E-state index in [4.69, 9.17) is 11.6 Å². The van der Waals surface area contributed by atoms with Crippen LogP contribution in [0.4, 0.5) is 5.69 Å². The molecule has 2 heterocycles. The molecule has 0 atom stereocenters. The van der Waals surface area contributed by atoms with Gasteiger partial charge in [-0.2, -0.15) is 0 Å². The smallest absolute Gasteiger partial charge is 0.233 e. The zero-order valence-electron chi connectivity index (χ0n) is 19.0. The lowest BCUT2D eigenvalue weighted by Gasteiger charge is -2.36. The van der Waals surface area contributed by atoms with Crippen molar-refractivity contribution in [1.82, 2.24) is 19.7 Å². The summed E-state index contributed by atoms with van der Waals surface area (Å²) in [4.78, 5) is 17.1. The van der Waals surface area contributed by atoms with E-state index in [9.17, 15) is 4.79 Å². The van der Waals surface area contributed by atoms with Gasteiger partial charge in [-0.3, -0.25) is 4.79 Å². The van der Waals surface area contributed by atoms with Crippen molar-refractivity contribution in [2.24, 2.45) is 0 Å². The first-order chi connectivity index (χ1) is 16.6. The summed E-state index contributed by atoms with van der Waals surface area (Å²) in [5.41, 5.74) is 2.43. The number of carbonyl (C=O) groups is 1. The first kappa shape index (κ1) is 24.7. The zero-order chi connectivity index (χ0) is 23.8. The zero-order valence-corrected chi connectivity index (χ0v) is 21.4. The summed E-state index contributed by atoms with van der Waals surface area (Å²) < 4.78 is 2.05. The molecule has 0 aliphatic carbocycles. The molecule has 1 saturated heterocycles. The normalized spacial score (nSPS) is 13.8. The molecule has 4 rings (SSSR count). The van der Waals surface area contributed by atoms with Crippen molar-refractivity contribution >= 4 is 46.7 Å². The molecule has 178 valence electrons. The standard InChI is InChI=1S/C25H28ClN5OS2/c1-2-12-31-23(18-33-17-20-8-10-21(26)11-9-20)27-28-25(31)34-19-24(32)30-15-13-29(14-16-30)22-6-4-3-5-7-22/h2-11H,1,12-19H2. The lowest BCUT2D eigenvalue weighted by atomic mass is 10.2. The summed E-state index contributed by atoms with van der Waals surface area (Å²) in [6, 6.07) is 18.2. The van der Waals surface area contributed by atoms with E-state index in [-0.39, 0.29) is 5.91 Å². The molecule has 1 aromatic heterocycles. The molecular weight excluding hydrogens is 486 g/mol. The Hall–Kier alpha value is -2.42. The van der Waals surface area contributed by atoms with Gasteiger partial charge in [0, 0.05) is 49.2 Å². The summed E-state index contributed by atoms with van der Waals surface area (Å²) in [6.07, 6.45) is 1.84. The topological polar surface area (TPSA) is 54.3 Å². The van der Waals surface area contributed by atoms with Crippen LogP contribution >= 0.6 is 35.1 Å². The number of aromatic nitrogens is 3. The lowest BCUT2D eigenvalue weighted by molar-refractivity contribution is -0.128. The Balaban J connectivity index is 1.27. The van der Waals surface area contributed by atoms with Gasteiger partial charge in [0.05, 0.1) is 11.5 Å². The maximum Gasteiger partial charge on any atom is 0.233 e. The van der Waals surface area contributed by atoms with E-state index in [0.717, 1.165) is 53.7 Å². The molecule has 6 nitrogen and oxygen atoms in total. The number of piperazine rings is 1. The van der Waals surface area contributed by atoms with E-state index in [1.807, 2.05) is 58.0 Å². The van der Waals surface area contributed by atoms with Crippen LogP contribution in [0.5, 0.6) is 0 Å². The molecule has 3 aromatic rings. The van der Waals surface area contributed by atoms with E-state index in [0.29, 0.717) is 12.3 Å². The van der Waals surface area contributed by atoms with Crippen molar-refractivity contribution in [2.45, 2.75) is 23.2 Å². The molecule has 1 fully saturated rings. The lowest BCUT2D eigenvalue weighted by Crippen LogP contribution is -2.49. The van der Waals surface area contributed by atoms with Crippen molar-refractivity contribution in [3.8, 4) is 0 Å². The minimum absolute atomic E-state index is 0.143. The summed E-state index contributed by atoms with van der Waals surface area (Å²) in [7, 11) is 0. The molecule has 0 radical (unpaired) electrons. The van der Waals surface area contributed by atoms with Gasteiger partial charge in [0.15, 0.2) is 5.16 Å². The second kappa shape index (κ2) is 12.3. The summed E-state index contributed by atoms with van der Waals surface area (Å²) in [6.45, 7) is 7.66. The molecule has 0 spiro atoms. The van der Waals surface area contributed by atoms with Crippen LogP contribution in [-0.2, 0) is 22.8 Å². The molecule has 1 amide bonds. The molecule has 1 aliphatic rings. The first-order valence-corrected chi connectivity index (χ1v) is 13.7. The van der Waals surface area contributed by atoms with Gasteiger partial charge in [-0.05, 0) is 29.8 Å². The van der Waals surface area contributed by atoms with Crippen LogP contribution in [0.3, 0.4) is 0 Å². The average molecular weight is 514 g/mol. The fraction of sp³-hybridized carbons (Fsp3) is 0.320. The Morgan fingerprint density at radius 1 is 1.00 bits per heavy atom. The largest absolute Gasteiger partial charge is 0.368 e. The number of anilines is 1. The fourth-order valence-corrected chi connectivity index (χ4v) is 5.68. The highest BCUT2D eigenvalue weighted by atomic mass is 35.5. The van der Waals surface area contributed by atoms with Crippen LogP contribution < -0.4 is 4.90 Å². The molecule has 0 bridgehead atoms. The van der Waals surface area contributed by atoms with E-state index >= 15 is 0 Å².